The van der Waals surface area contributed by atoms with Gasteiger partial charge in [0.1, 0.15) is 5.82 Å². The van der Waals surface area contributed by atoms with E-state index in [1.165, 1.54) is 19.2 Å². The Labute approximate surface area is 100 Å². The van der Waals surface area contributed by atoms with Gasteiger partial charge >= 0.3 is 5.97 Å². The van der Waals surface area contributed by atoms with Crippen molar-refractivity contribution in [2.24, 2.45) is 5.92 Å². The molecule has 1 aliphatic heterocycles. The van der Waals surface area contributed by atoms with Gasteiger partial charge in [0, 0.05) is 18.8 Å². The van der Waals surface area contributed by atoms with Crippen LogP contribution in [0, 0.1) is 11.7 Å². The van der Waals surface area contributed by atoms with E-state index in [1.807, 2.05) is 0 Å². The number of ether oxygens (including phenoxy) is 1. The zero-order chi connectivity index (χ0) is 12.3. The average molecular weight is 237 g/mol. The molecule has 4 heteroatoms. The van der Waals surface area contributed by atoms with Crippen molar-refractivity contribution in [3.05, 3.63) is 30.1 Å². The number of piperidine rings is 1. The zero-order valence-electron chi connectivity index (χ0n) is 9.86. The second-order valence-electron chi connectivity index (χ2n) is 4.26. The molecule has 0 radical (unpaired) electrons. The summed E-state index contributed by atoms with van der Waals surface area (Å²) in [5.41, 5.74) is 1.01. The van der Waals surface area contributed by atoms with Crippen LogP contribution >= 0.6 is 0 Å². The smallest absolute Gasteiger partial charge is 0.308 e. The molecule has 1 aromatic carbocycles. The van der Waals surface area contributed by atoms with E-state index in [2.05, 4.69) is 4.90 Å². The molecule has 1 saturated heterocycles. The molecule has 1 fully saturated rings. The number of carbonyl (C=O) groups is 1. The van der Waals surface area contributed by atoms with Crippen molar-refractivity contribution in [3.8, 4) is 0 Å². The van der Waals surface area contributed by atoms with Crippen LogP contribution in [-0.4, -0.2) is 26.2 Å². The highest BCUT2D eigenvalue weighted by Crippen LogP contribution is 2.24. The first-order valence-electron chi connectivity index (χ1n) is 5.79. The molecule has 0 aliphatic carbocycles. The fraction of sp³-hybridized carbons (Fsp3) is 0.462. The number of esters is 1. The van der Waals surface area contributed by atoms with E-state index in [9.17, 15) is 9.18 Å². The number of hydrogen-bond acceptors (Lipinski definition) is 3. The quantitative estimate of drug-likeness (QED) is 0.739. The molecular weight excluding hydrogens is 221 g/mol. The van der Waals surface area contributed by atoms with Crippen LogP contribution in [0.15, 0.2) is 24.3 Å². The molecule has 0 unspecified atom stereocenters. The topological polar surface area (TPSA) is 29.5 Å². The van der Waals surface area contributed by atoms with Crippen LogP contribution in [0.4, 0.5) is 10.1 Å². The Kier molecular flexibility index (Phi) is 3.61. The van der Waals surface area contributed by atoms with Crippen molar-refractivity contribution in [2.75, 3.05) is 25.1 Å². The first kappa shape index (κ1) is 11.9. The Balaban J connectivity index is 1.95. The second-order valence-corrected chi connectivity index (χ2v) is 4.26. The van der Waals surface area contributed by atoms with Gasteiger partial charge < -0.3 is 9.64 Å². The van der Waals surface area contributed by atoms with E-state index in [0.717, 1.165) is 31.6 Å². The minimum atomic E-state index is -0.224. The summed E-state index contributed by atoms with van der Waals surface area (Å²) in [7, 11) is 1.43. The second kappa shape index (κ2) is 5.17. The van der Waals surface area contributed by atoms with E-state index in [0.29, 0.717) is 0 Å². The van der Waals surface area contributed by atoms with Gasteiger partial charge in [0.15, 0.2) is 0 Å². The highest BCUT2D eigenvalue weighted by atomic mass is 19.1. The summed E-state index contributed by atoms with van der Waals surface area (Å²) in [6.45, 7) is 1.62. The molecule has 1 aromatic rings. The van der Waals surface area contributed by atoms with Gasteiger partial charge in [-0.05, 0) is 37.1 Å². The summed E-state index contributed by atoms with van der Waals surface area (Å²) in [5, 5.41) is 0. The normalized spacial score (nSPS) is 16.9. The summed E-state index contributed by atoms with van der Waals surface area (Å²) < 4.78 is 17.5. The van der Waals surface area contributed by atoms with Gasteiger partial charge in [0.2, 0.25) is 0 Å². The third kappa shape index (κ3) is 2.75. The van der Waals surface area contributed by atoms with Crippen LogP contribution < -0.4 is 4.90 Å². The fourth-order valence-electron chi connectivity index (χ4n) is 2.19. The molecule has 0 aromatic heterocycles. The molecule has 17 heavy (non-hydrogen) atoms. The standard InChI is InChI=1S/C13H16FNO2/c1-17-13(16)10-6-8-15(9-7-10)12-4-2-11(14)3-5-12/h2-5,10H,6-9H2,1H3. The van der Waals surface area contributed by atoms with Crippen molar-refractivity contribution >= 4 is 11.7 Å². The molecule has 0 atom stereocenters. The number of rotatable bonds is 2. The number of methoxy groups -OCH3 is 1. The lowest BCUT2D eigenvalue weighted by Crippen LogP contribution is -2.36. The van der Waals surface area contributed by atoms with Crippen LogP contribution in [0.3, 0.4) is 0 Å². The number of benzene rings is 1. The first-order chi connectivity index (χ1) is 8.20. The van der Waals surface area contributed by atoms with Crippen molar-refractivity contribution in [1.29, 1.82) is 0 Å². The van der Waals surface area contributed by atoms with E-state index in [4.69, 9.17) is 4.74 Å². The van der Waals surface area contributed by atoms with Gasteiger partial charge in [-0.3, -0.25) is 4.79 Å². The number of halogens is 1. The largest absolute Gasteiger partial charge is 0.469 e. The zero-order valence-corrected chi connectivity index (χ0v) is 9.86. The predicted molar refractivity (Wildman–Crippen MR) is 63.4 cm³/mol. The number of nitrogens with zero attached hydrogens (tertiary/aromatic N) is 1. The predicted octanol–water partition coefficient (Wildman–Crippen LogP) is 2.22. The molecular formula is C13H16FNO2. The summed E-state index contributed by atoms with van der Waals surface area (Å²) in [4.78, 5) is 13.5. The maximum absolute atomic E-state index is 12.8. The molecule has 0 bridgehead atoms. The van der Waals surface area contributed by atoms with Crippen LogP contribution in [0.1, 0.15) is 12.8 Å². The number of carbonyl (C=O) groups excluding carboxylic acids is 1. The molecule has 0 saturated carbocycles. The lowest BCUT2D eigenvalue weighted by atomic mass is 9.96. The van der Waals surface area contributed by atoms with Crippen LogP contribution in [0.2, 0.25) is 0 Å². The van der Waals surface area contributed by atoms with E-state index in [-0.39, 0.29) is 17.7 Å². The van der Waals surface area contributed by atoms with Crippen molar-refractivity contribution in [2.45, 2.75) is 12.8 Å². The van der Waals surface area contributed by atoms with Gasteiger partial charge in [0.05, 0.1) is 13.0 Å². The van der Waals surface area contributed by atoms with E-state index < -0.39 is 0 Å². The summed E-state index contributed by atoms with van der Waals surface area (Å²) in [6.07, 6.45) is 1.59. The van der Waals surface area contributed by atoms with Gasteiger partial charge in [-0.25, -0.2) is 4.39 Å². The van der Waals surface area contributed by atoms with Gasteiger partial charge in [0.25, 0.3) is 0 Å². The molecule has 1 aliphatic rings. The summed E-state index contributed by atoms with van der Waals surface area (Å²) in [5.74, 6) is -0.335. The van der Waals surface area contributed by atoms with Crippen LogP contribution in [-0.2, 0) is 9.53 Å². The minimum absolute atomic E-state index is 0.0108. The Morgan fingerprint density at radius 3 is 2.41 bits per heavy atom. The highest BCUT2D eigenvalue weighted by Gasteiger charge is 2.25. The maximum atomic E-state index is 12.8. The highest BCUT2D eigenvalue weighted by molar-refractivity contribution is 5.72. The number of hydrogen-bond donors (Lipinski definition) is 0. The SMILES string of the molecule is COC(=O)C1CCN(c2ccc(F)cc2)CC1. The Morgan fingerprint density at radius 2 is 1.88 bits per heavy atom. The molecule has 0 spiro atoms. The van der Waals surface area contributed by atoms with E-state index in [1.54, 1.807) is 12.1 Å². The monoisotopic (exact) mass is 237 g/mol. The Bertz CT molecular complexity index is 383. The third-order valence-electron chi connectivity index (χ3n) is 3.22. The summed E-state index contributed by atoms with van der Waals surface area (Å²) >= 11 is 0. The lowest BCUT2D eigenvalue weighted by molar-refractivity contribution is -0.146. The molecule has 92 valence electrons. The van der Waals surface area contributed by atoms with Crippen molar-refractivity contribution in [1.82, 2.24) is 0 Å². The number of anilines is 1. The molecule has 1 heterocycles. The third-order valence-corrected chi connectivity index (χ3v) is 3.22. The Hall–Kier alpha value is -1.58. The Morgan fingerprint density at radius 1 is 1.29 bits per heavy atom. The minimum Gasteiger partial charge on any atom is -0.469 e. The maximum Gasteiger partial charge on any atom is 0.308 e. The van der Waals surface area contributed by atoms with E-state index >= 15 is 0 Å². The lowest BCUT2D eigenvalue weighted by Gasteiger charge is -2.32. The van der Waals surface area contributed by atoms with Crippen molar-refractivity contribution in [3.63, 3.8) is 0 Å². The van der Waals surface area contributed by atoms with Gasteiger partial charge in [-0.1, -0.05) is 0 Å². The molecule has 0 N–H and O–H groups in total. The molecule has 2 rings (SSSR count). The van der Waals surface area contributed by atoms with Crippen LogP contribution in [0.5, 0.6) is 0 Å². The first-order valence-corrected chi connectivity index (χ1v) is 5.79. The summed E-state index contributed by atoms with van der Waals surface area (Å²) in [6, 6.07) is 6.46. The molecule has 0 amide bonds. The fourth-order valence-corrected chi connectivity index (χ4v) is 2.19. The van der Waals surface area contributed by atoms with Crippen molar-refractivity contribution < 1.29 is 13.9 Å². The molecule has 3 nitrogen and oxygen atoms in total. The van der Waals surface area contributed by atoms with Gasteiger partial charge in [-0.2, -0.15) is 0 Å². The van der Waals surface area contributed by atoms with Gasteiger partial charge in [-0.15, -0.1) is 0 Å². The average Bonchev–Trinajstić information content (AvgIpc) is 2.39. The van der Waals surface area contributed by atoms with Crippen LogP contribution in [0.25, 0.3) is 0 Å².